The maximum absolute atomic E-state index is 12.9. The smallest absolute Gasteiger partial charge is 0.293 e. The van der Waals surface area contributed by atoms with Crippen LogP contribution in [0.5, 0.6) is 0 Å². The average Bonchev–Trinajstić information content (AvgIpc) is 2.81. The number of nitro benzene ring substituents is 1. The van der Waals surface area contributed by atoms with Crippen molar-refractivity contribution in [3.05, 3.63) is 70.5 Å². The molecule has 3 aromatic rings. The van der Waals surface area contributed by atoms with Crippen molar-refractivity contribution in [2.45, 2.75) is 19.8 Å². The van der Waals surface area contributed by atoms with Crippen molar-refractivity contribution in [3.63, 3.8) is 0 Å². The van der Waals surface area contributed by atoms with Gasteiger partial charge in [-0.1, -0.05) is 12.1 Å². The summed E-state index contributed by atoms with van der Waals surface area (Å²) >= 11 is 0. The third kappa shape index (κ3) is 4.50. The van der Waals surface area contributed by atoms with Gasteiger partial charge in [-0.15, -0.1) is 10.2 Å². The summed E-state index contributed by atoms with van der Waals surface area (Å²) in [6.45, 7) is 3.00. The van der Waals surface area contributed by atoms with Crippen LogP contribution in [0, 0.1) is 23.0 Å². The number of nitro groups is 1. The number of hydrogen-bond donors (Lipinski definition) is 1. The van der Waals surface area contributed by atoms with Crippen LogP contribution >= 0.6 is 0 Å². The van der Waals surface area contributed by atoms with Gasteiger partial charge in [-0.3, -0.25) is 19.9 Å². The van der Waals surface area contributed by atoms with Gasteiger partial charge in [0.05, 0.1) is 16.5 Å². The molecule has 1 aliphatic heterocycles. The Morgan fingerprint density at radius 1 is 1.16 bits per heavy atom. The SMILES string of the molecule is Cc1cccc([N+](=O)[O-])c1NC(=O)C1CCCN(c2ccc(-c3ccncc3)nn2)C1. The van der Waals surface area contributed by atoms with E-state index in [1.54, 1.807) is 31.5 Å². The number of anilines is 2. The molecule has 1 N–H and O–H groups in total. The first-order chi connectivity index (χ1) is 15.0. The van der Waals surface area contributed by atoms with Gasteiger partial charge >= 0.3 is 0 Å². The molecule has 0 bridgehead atoms. The number of aryl methyl sites for hydroxylation is 1. The minimum absolute atomic E-state index is 0.0985. The molecule has 2 aromatic heterocycles. The lowest BCUT2D eigenvalue weighted by atomic mass is 9.96. The van der Waals surface area contributed by atoms with E-state index < -0.39 is 4.92 Å². The van der Waals surface area contributed by atoms with Crippen LogP contribution in [0.4, 0.5) is 17.2 Å². The van der Waals surface area contributed by atoms with E-state index in [1.807, 2.05) is 29.2 Å². The lowest BCUT2D eigenvalue weighted by Gasteiger charge is -2.32. The summed E-state index contributed by atoms with van der Waals surface area (Å²) in [5.41, 5.74) is 2.51. The van der Waals surface area contributed by atoms with Gasteiger partial charge in [0.2, 0.25) is 5.91 Å². The van der Waals surface area contributed by atoms with Gasteiger partial charge < -0.3 is 10.2 Å². The molecule has 1 saturated heterocycles. The number of aromatic nitrogens is 3. The highest BCUT2D eigenvalue weighted by Gasteiger charge is 2.28. The van der Waals surface area contributed by atoms with E-state index in [9.17, 15) is 14.9 Å². The molecule has 3 heterocycles. The number of rotatable bonds is 5. The van der Waals surface area contributed by atoms with E-state index in [2.05, 4.69) is 20.5 Å². The van der Waals surface area contributed by atoms with Crippen molar-refractivity contribution in [1.82, 2.24) is 15.2 Å². The molecule has 9 heteroatoms. The normalized spacial score (nSPS) is 16.0. The van der Waals surface area contributed by atoms with Crippen molar-refractivity contribution < 1.29 is 9.72 Å². The number of amides is 1. The van der Waals surface area contributed by atoms with Gasteiger partial charge in [-0.25, -0.2) is 0 Å². The number of carbonyl (C=O) groups is 1. The Bertz CT molecular complexity index is 1090. The number of nitrogens with one attached hydrogen (secondary N) is 1. The number of carbonyl (C=O) groups excluding carboxylic acids is 1. The monoisotopic (exact) mass is 418 g/mol. The van der Waals surface area contributed by atoms with E-state index in [-0.39, 0.29) is 23.2 Å². The highest BCUT2D eigenvalue weighted by molar-refractivity contribution is 5.96. The average molecular weight is 418 g/mol. The van der Waals surface area contributed by atoms with Gasteiger partial charge in [0.25, 0.3) is 5.69 Å². The fourth-order valence-corrected chi connectivity index (χ4v) is 3.76. The Balaban J connectivity index is 1.47. The molecule has 0 aliphatic carbocycles. The maximum Gasteiger partial charge on any atom is 0.293 e. The van der Waals surface area contributed by atoms with Crippen LogP contribution < -0.4 is 10.2 Å². The van der Waals surface area contributed by atoms with Crippen molar-refractivity contribution >= 4 is 23.1 Å². The van der Waals surface area contributed by atoms with Crippen LogP contribution in [0.3, 0.4) is 0 Å². The van der Waals surface area contributed by atoms with Crippen LogP contribution in [-0.2, 0) is 4.79 Å². The molecule has 0 radical (unpaired) electrons. The predicted octanol–water partition coefficient (Wildman–Crippen LogP) is 3.61. The molecular formula is C22H22N6O3. The molecule has 1 aromatic carbocycles. The largest absolute Gasteiger partial charge is 0.354 e. The first-order valence-electron chi connectivity index (χ1n) is 10.1. The Labute approximate surface area is 179 Å². The second-order valence-electron chi connectivity index (χ2n) is 7.51. The highest BCUT2D eigenvalue weighted by Crippen LogP contribution is 2.30. The molecule has 4 rings (SSSR count). The second kappa shape index (κ2) is 8.86. The minimum Gasteiger partial charge on any atom is -0.354 e. The summed E-state index contributed by atoms with van der Waals surface area (Å²) < 4.78 is 0. The van der Waals surface area contributed by atoms with Crippen molar-refractivity contribution in [1.29, 1.82) is 0 Å². The van der Waals surface area contributed by atoms with E-state index in [4.69, 9.17) is 0 Å². The van der Waals surface area contributed by atoms with E-state index in [0.29, 0.717) is 24.3 Å². The molecule has 1 aliphatic rings. The van der Waals surface area contributed by atoms with Crippen molar-refractivity contribution in [2.75, 3.05) is 23.3 Å². The lowest BCUT2D eigenvalue weighted by molar-refractivity contribution is -0.384. The Morgan fingerprint density at radius 3 is 2.68 bits per heavy atom. The fourth-order valence-electron chi connectivity index (χ4n) is 3.76. The highest BCUT2D eigenvalue weighted by atomic mass is 16.6. The van der Waals surface area contributed by atoms with Gasteiger partial charge in [-0.05, 0) is 49.6 Å². The summed E-state index contributed by atoms with van der Waals surface area (Å²) in [6.07, 6.45) is 4.95. The Hall–Kier alpha value is -3.88. The van der Waals surface area contributed by atoms with E-state index >= 15 is 0 Å². The molecule has 1 atom stereocenters. The molecule has 31 heavy (non-hydrogen) atoms. The Morgan fingerprint density at radius 2 is 1.97 bits per heavy atom. The molecular weight excluding hydrogens is 396 g/mol. The molecule has 0 spiro atoms. The molecule has 1 fully saturated rings. The zero-order valence-corrected chi connectivity index (χ0v) is 17.1. The number of benzene rings is 1. The topological polar surface area (TPSA) is 114 Å². The van der Waals surface area contributed by atoms with Gasteiger partial charge in [0, 0.05) is 37.1 Å². The third-order valence-corrected chi connectivity index (χ3v) is 5.44. The standard InChI is InChI=1S/C22H22N6O3/c1-15-4-2-6-19(28(30)31)21(15)24-22(29)17-5-3-13-27(14-17)20-8-7-18(25-26-20)16-9-11-23-12-10-16/h2,4,6-12,17H,3,5,13-14H2,1H3,(H,24,29). The van der Waals surface area contributed by atoms with E-state index in [1.165, 1.54) is 6.07 Å². The first-order valence-corrected chi connectivity index (χ1v) is 10.1. The number of pyridine rings is 1. The number of nitrogens with zero attached hydrogens (tertiary/aromatic N) is 5. The minimum atomic E-state index is -0.476. The second-order valence-corrected chi connectivity index (χ2v) is 7.51. The summed E-state index contributed by atoms with van der Waals surface area (Å²) in [6, 6.07) is 12.3. The van der Waals surface area contributed by atoms with Crippen LogP contribution in [0.1, 0.15) is 18.4 Å². The van der Waals surface area contributed by atoms with Crippen molar-refractivity contribution in [3.8, 4) is 11.3 Å². The van der Waals surface area contributed by atoms with Crippen LogP contribution in [-0.4, -0.2) is 39.1 Å². The van der Waals surface area contributed by atoms with Gasteiger partial charge in [0.1, 0.15) is 5.69 Å². The third-order valence-electron chi connectivity index (χ3n) is 5.44. The Kier molecular flexibility index (Phi) is 5.83. The molecule has 158 valence electrons. The zero-order chi connectivity index (χ0) is 21.8. The van der Waals surface area contributed by atoms with Gasteiger partial charge in [0.15, 0.2) is 5.82 Å². The number of piperidine rings is 1. The maximum atomic E-state index is 12.9. The number of hydrogen-bond acceptors (Lipinski definition) is 7. The summed E-state index contributed by atoms with van der Waals surface area (Å²) in [5, 5.41) is 22.8. The zero-order valence-electron chi connectivity index (χ0n) is 17.1. The quantitative estimate of drug-likeness (QED) is 0.497. The summed E-state index contributed by atoms with van der Waals surface area (Å²) in [5.74, 6) is 0.190. The summed E-state index contributed by atoms with van der Waals surface area (Å²) in [7, 11) is 0. The van der Waals surface area contributed by atoms with E-state index in [0.717, 1.165) is 24.2 Å². The molecule has 1 unspecified atom stereocenters. The van der Waals surface area contributed by atoms with Gasteiger partial charge in [-0.2, -0.15) is 0 Å². The van der Waals surface area contributed by atoms with Crippen LogP contribution in [0.25, 0.3) is 11.3 Å². The summed E-state index contributed by atoms with van der Waals surface area (Å²) in [4.78, 5) is 29.8. The first kappa shape index (κ1) is 20.4. The molecule has 1 amide bonds. The fraction of sp³-hybridized carbons (Fsp3) is 0.273. The van der Waals surface area contributed by atoms with Crippen LogP contribution in [0.15, 0.2) is 54.9 Å². The van der Waals surface area contributed by atoms with Crippen molar-refractivity contribution in [2.24, 2.45) is 5.92 Å². The van der Waals surface area contributed by atoms with Crippen LogP contribution in [0.2, 0.25) is 0 Å². The lowest BCUT2D eigenvalue weighted by Crippen LogP contribution is -2.41. The number of para-hydroxylation sites is 1. The predicted molar refractivity (Wildman–Crippen MR) is 117 cm³/mol. The molecule has 9 nitrogen and oxygen atoms in total. The molecule has 0 saturated carbocycles.